The van der Waals surface area contributed by atoms with Gasteiger partial charge in [-0.3, -0.25) is 4.90 Å². The Morgan fingerprint density at radius 1 is 1.47 bits per heavy atom. The second-order valence-corrected chi connectivity index (χ2v) is 5.17. The molecule has 0 bridgehead atoms. The maximum Gasteiger partial charge on any atom is 0.0899 e. The Bertz CT molecular complexity index is 206. The van der Waals surface area contributed by atoms with E-state index in [1.807, 2.05) is 0 Å². The quantitative estimate of drug-likeness (QED) is 0.750. The second kappa shape index (κ2) is 6.44. The minimum absolute atomic E-state index is 0.278. The van der Waals surface area contributed by atoms with E-state index >= 15 is 0 Å². The molecule has 1 saturated heterocycles. The largest absolute Gasteiger partial charge is 0.392 e. The molecule has 88 valence electrons. The number of hydrogen-bond acceptors (Lipinski definition) is 2. The highest BCUT2D eigenvalue weighted by Crippen LogP contribution is 2.22. The van der Waals surface area contributed by atoms with Gasteiger partial charge < -0.3 is 5.73 Å². The van der Waals surface area contributed by atoms with Gasteiger partial charge in [-0.25, -0.2) is 0 Å². The van der Waals surface area contributed by atoms with Crippen molar-refractivity contribution in [3.63, 3.8) is 0 Å². The molecule has 15 heavy (non-hydrogen) atoms. The molecule has 2 N–H and O–H groups in total. The summed E-state index contributed by atoms with van der Waals surface area (Å²) in [5.41, 5.74) is 5.70. The van der Waals surface area contributed by atoms with Gasteiger partial charge >= 0.3 is 0 Å². The van der Waals surface area contributed by atoms with Crippen LogP contribution in [-0.2, 0) is 0 Å². The fourth-order valence-electron chi connectivity index (χ4n) is 2.45. The van der Waals surface area contributed by atoms with Crippen molar-refractivity contribution in [1.82, 2.24) is 4.90 Å². The molecular formula is C12H24N2S. The predicted octanol–water partition coefficient (Wildman–Crippen LogP) is 2.56. The molecule has 3 heteroatoms. The molecule has 0 saturated carbocycles. The van der Waals surface area contributed by atoms with E-state index in [0.717, 1.165) is 5.92 Å². The van der Waals surface area contributed by atoms with Crippen LogP contribution in [0.15, 0.2) is 0 Å². The fraction of sp³-hybridized carbons (Fsp3) is 0.917. The van der Waals surface area contributed by atoms with E-state index in [4.69, 9.17) is 18.0 Å². The molecular weight excluding hydrogens is 204 g/mol. The molecule has 0 amide bonds. The zero-order valence-electron chi connectivity index (χ0n) is 10.0. The van der Waals surface area contributed by atoms with Gasteiger partial charge in [0.1, 0.15) is 0 Å². The Labute approximate surface area is 99.2 Å². The topological polar surface area (TPSA) is 29.3 Å². The number of rotatable bonds is 4. The van der Waals surface area contributed by atoms with Crippen molar-refractivity contribution in [3.8, 4) is 0 Å². The standard InChI is InChI=1S/C12H24N2S/c1-3-5-11-6-4-8-14(9-7-11)10(2)12(13)15/h10-11H,3-9H2,1-2H3,(H2,13,15). The molecule has 1 heterocycles. The average Bonchev–Trinajstić information content (AvgIpc) is 2.43. The first kappa shape index (κ1) is 12.9. The first-order chi connectivity index (χ1) is 7.15. The Morgan fingerprint density at radius 2 is 2.20 bits per heavy atom. The summed E-state index contributed by atoms with van der Waals surface area (Å²) in [4.78, 5) is 3.08. The Balaban J connectivity index is 2.41. The molecule has 1 rings (SSSR count). The van der Waals surface area contributed by atoms with Crippen LogP contribution in [0.1, 0.15) is 46.0 Å². The van der Waals surface area contributed by atoms with Gasteiger partial charge in [0.15, 0.2) is 0 Å². The zero-order chi connectivity index (χ0) is 11.3. The van der Waals surface area contributed by atoms with E-state index < -0.39 is 0 Å². The van der Waals surface area contributed by atoms with Crippen molar-refractivity contribution < 1.29 is 0 Å². The summed E-state index contributed by atoms with van der Waals surface area (Å²) in [5.74, 6) is 0.929. The number of thiocarbonyl (C=S) groups is 1. The highest BCUT2D eigenvalue weighted by molar-refractivity contribution is 7.80. The van der Waals surface area contributed by atoms with Gasteiger partial charge in [-0.1, -0.05) is 32.0 Å². The van der Waals surface area contributed by atoms with Crippen LogP contribution in [0.25, 0.3) is 0 Å². The van der Waals surface area contributed by atoms with Crippen LogP contribution in [-0.4, -0.2) is 29.0 Å². The van der Waals surface area contributed by atoms with Gasteiger partial charge in [0.25, 0.3) is 0 Å². The van der Waals surface area contributed by atoms with Crippen LogP contribution in [0.4, 0.5) is 0 Å². The summed E-state index contributed by atoms with van der Waals surface area (Å²) in [7, 11) is 0. The van der Waals surface area contributed by atoms with Gasteiger partial charge in [-0.15, -0.1) is 0 Å². The number of likely N-dealkylation sites (tertiary alicyclic amines) is 1. The van der Waals surface area contributed by atoms with Crippen molar-refractivity contribution >= 4 is 17.2 Å². The SMILES string of the molecule is CCCC1CCCN(C(C)C(N)=S)CC1. The Morgan fingerprint density at radius 3 is 2.80 bits per heavy atom. The monoisotopic (exact) mass is 228 g/mol. The van der Waals surface area contributed by atoms with Crippen LogP contribution in [0.3, 0.4) is 0 Å². The lowest BCUT2D eigenvalue weighted by molar-refractivity contribution is 0.259. The van der Waals surface area contributed by atoms with E-state index in [2.05, 4.69) is 18.7 Å². The molecule has 0 aromatic rings. The number of hydrogen-bond donors (Lipinski definition) is 1. The van der Waals surface area contributed by atoms with Crippen LogP contribution in [0, 0.1) is 5.92 Å². The van der Waals surface area contributed by atoms with E-state index in [1.165, 1.54) is 45.2 Å². The summed E-state index contributed by atoms with van der Waals surface area (Å²) in [6.45, 7) is 6.74. The predicted molar refractivity (Wildman–Crippen MR) is 70.1 cm³/mol. The van der Waals surface area contributed by atoms with E-state index in [-0.39, 0.29) is 6.04 Å². The van der Waals surface area contributed by atoms with Crippen molar-refractivity contribution in [1.29, 1.82) is 0 Å². The third-order valence-corrected chi connectivity index (χ3v) is 3.88. The Kier molecular flexibility index (Phi) is 5.54. The van der Waals surface area contributed by atoms with Gasteiger partial charge in [-0.05, 0) is 45.2 Å². The lowest BCUT2D eigenvalue weighted by atomic mass is 9.96. The maximum atomic E-state index is 5.70. The van der Waals surface area contributed by atoms with Gasteiger partial charge in [-0.2, -0.15) is 0 Å². The summed E-state index contributed by atoms with van der Waals surface area (Å²) in [5, 5.41) is 0. The number of nitrogens with two attached hydrogens (primary N) is 1. The van der Waals surface area contributed by atoms with Crippen molar-refractivity contribution in [2.45, 2.75) is 52.0 Å². The van der Waals surface area contributed by atoms with Crippen molar-refractivity contribution in [2.75, 3.05) is 13.1 Å². The van der Waals surface area contributed by atoms with E-state index in [9.17, 15) is 0 Å². The molecule has 1 aliphatic rings. The molecule has 0 spiro atoms. The third-order valence-electron chi connectivity index (χ3n) is 3.54. The molecule has 0 aliphatic carbocycles. The zero-order valence-corrected chi connectivity index (χ0v) is 10.9. The minimum atomic E-state index is 0.278. The van der Waals surface area contributed by atoms with Crippen molar-refractivity contribution in [2.24, 2.45) is 11.7 Å². The first-order valence-electron chi connectivity index (χ1n) is 6.18. The molecule has 0 aromatic carbocycles. The summed E-state index contributed by atoms with van der Waals surface area (Å²) >= 11 is 5.06. The third kappa shape index (κ3) is 4.07. The molecule has 1 fully saturated rings. The summed E-state index contributed by atoms with van der Waals surface area (Å²) < 4.78 is 0. The normalized spacial score (nSPS) is 25.9. The lowest BCUT2D eigenvalue weighted by Gasteiger charge is -2.26. The maximum absolute atomic E-state index is 5.70. The minimum Gasteiger partial charge on any atom is -0.392 e. The van der Waals surface area contributed by atoms with Crippen LogP contribution < -0.4 is 5.73 Å². The molecule has 1 aliphatic heterocycles. The average molecular weight is 228 g/mol. The molecule has 2 unspecified atom stereocenters. The summed E-state index contributed by atoms with van der Waals surface area (Å²) in [6.07, 6.45) is 6.71. The summed E-state index contributed by atoms with van der Waals surface area (Å²) in [6, 6.07) is 0.278. The van der Waals surface area contributed by atoms with Crippen LogP contribution in [0.2, 0.25) is 0 Å². The Hall–Kier alpha value is -0.150. The van der Waals surface area contributed by atoms with Crippen LogP contribution >= 0.6 is 12.2 Å². The van der Waals surface area contributed by atoms with Gasteiger partial charge in [0, 0.05) is 0 Å². The highest BCUT2D eigenvalue weighted by atomic mass is 32.1. The fourth-order valence-corrected chi connectivity index (χ4v) is 2.60. The van der Waals surface area contributed by atoms with E-state index in [0.29, 0.717) is 4.99 Å². The second-order valence-electron chi connectivity index (χ2n) is 4.70. The molecule has 0 aromatic heterocycles. The smallest absolute Gasteiger partial charge is 0.0899 e. The molecule has 2 atom stereocenters. The lowest BCUT2D eigenvalue weighted by Crippen LogP contribution is -2.42. The first-order valence-corrected chi connectivity index (χ1v) is 6.59. The van der Waals surface area contributed by atoms with E-state index in [1.54, 1.807) is 0 Å². The van der Waals surface area contributed by atoms with Crippen LogP contribution in [0.5, 0.6) is 0 Å². The molecule has 0 radical (unpaired) electrons. The highest BCUT2D eigenvalue weighted by Gasteiger charge is 2.21. The van der Waals surface area contributed by atoms with Gasteiger partial charge in [0.2, 0.25) is 0 Å². The van der Waals surface area contributed by atoms with Crippen molar-refractivity contribution in [3.05, 3.63) is 0 Å². The van der Waals surface area contributed by atoms with Gasteiger partial charge in [0.05, 0.1) is 11.0 Å². The number of nitrogens with zero attached hydrogens (tertiary/aromatic N) is 1. The molecule has 2 nitrogen and oxygen atoms in total.